The molecule has 0 fully saturated rings. The van der Waals surface area contributed by atoms with Crippen LogP contribution in [-0.4, -0.2) is 28.4 Å². The predicted molar refractivity (Wildman–Crippen MR) is 94.3 cm³/mol. The van der Waals surface area contributed by atoms with Gasteiger partial charge in [0.05, 0.1) is 0 Å². The number of hydrogen-bond acceptors (Lipinski definition) is 3. The summed E-state index contributed by atoms with van der Waals surface area (Å²) in [4.78, 5) is 24.6. The second-order valence-corrected chi connectivity index (χ2v) is 6.78. The minimum atomic E-state index is -1.36. The van der Waals surface area contributed by atoms with Gasteiger partial charge in [-0.2, -0.15) is 0 Å². The molecule has 122 valence electrons. The molecule has 1 aromatic carbocycles. The molecular weight excluding hydrogens is 380 g/mol. The molecule has 0 saturated carbocycles. The Labute approximate surface area is 147 Å². The fraction of sp³-hybridized carbons (Fsp3) is 0.294. The highest BCUT2D eigenvalue weighted by Gasteiger charge is 2.43. The molecule has 1 aromatic rings. The van der Waals surface area contributed by atoms with Gasteiger partial charge in [-0.05, 0) is 35.9 Å². The van der Waals surface area contributed by atoms with Crippen molar-refractivity contribution in [2.45, 2.75) is 29.0 Å². The first-order valence-corrected chi connectivity index (χ1v) is 9.30. The highest BCUT2D eigenvalue weighted by molar-refractivity contribution is 9.08. The Morgan fingerprint density at radius 2 is 2.04 bits per heavy atom. The second kappa shape index (κ2) is 6.93. The lowest BCUT2D eigenvalue weighted by atomic mass is 9.70. The third-order valence-corrected chi connectivity index (χ3v) is 5.54. The van der Waals surface area contributed by atoms with Gasteiger partial charge in [-0.25, -0.2) is 4.79 Å². The van der Waals surface area contributed by atoms with Gasteiger partial charge in [0, 0.05) is 22.2 Å². The first-order chi connectivity index (χ1) is 10.9. The van der Waals surface area contributed by atoms with Gasteiger partial charge in [0.15, 0.2) is 0 Å². The number of thioether (sulfide) groups is 1. The lowest BCUT2D eigenvalue weighted by Gasteiger charge is -2.32. The largest absolute Gasteiger partial charge is 0.480 e. The van der Waals surface area contributed by atoms with E-state index in [4.69, 9.17) is 0 Å². The Bertz CT molecular complexity index is 723. The van der Waals surface area contributed by atoms with E-state index in [-0.39, 0.29) is 12.0 Å². The van der Waals surface area contributed by atoms with E-state index in [9.17, 15) is 19.8 Å². The summed E-state index contributed by atoms with van der Waals surface area (Å²) in [6, 6.07) is 5.53. The number of alkyl halides is 1. The van der Waals surface area contributed by atoms with Crippen LogP contribution in [0.15, 0.2) is 46.4 Å². The summed E-state index contributed by atoms with van der Waals surface area (Å²) in [5.74, 6) is -2.11. The Balaban J connectivity index is 2.69. The molecule has 0 spiro atoms. The van der Waals surface area contributed by atoms with Crippen LogP contribution < -0.4 is 0 Å². The molecule has 2 rings (SSSR count). The quantitative estimate of drug-likeness (QED) is 0.581. The molecule has 6 heteroatoms. The number of carboxylic acids is 2. The van der Waals surface area contributed by atoms with Crippen molar-refractivity contribution >= 4 is 39.6 Å². The van der Waals surface area contributed by atoms with Gasteiger partial charge in [0.25, 0.3) is 0 Å². The second-order valence-electron chi connectivity index (χ2n) is 5.37. The van der Waals surface area contributed by atoms with Crippen LogP contribution in [0.3, 0.4) is 0 Å². The number of carbonyl (C=O) groups is 2. The van der Waals surface area contributed by atoms with Gasteiger partial charge in [-0.3, -0.25) is 4.79 Å². The molecule has 1 unspecified atom stereocenters. The van der Waals surface area contributed by atoms with Crippen molar-refractivity contribution in [3.63, 3.8) is 0 Å². The maximum absolute atomic E-state index is 12.1. The molecule has 0 amide bonds. The summed E-state index contributed by atoms with van der Waals surface area (Å²) in [6.07, 6.45) is 5.09. The fourth-order valence-electron chi connectivity index (χ4n) is 2.85. The van der Waals surface area contributed by atoms with E-state index in [0.29, 0.717) is 16.5 Å². The zero-order valence-corrected chi connectivity index (χ0v) is 15.2. The van der Waals surface area contributed by atoms with Crippen LogP contribution in [0.25, 0.3) is 0 Å². The van der Waals surface area contributed by atoms with E-state index in [0.717, 1.165) is 10.5 Å². The van der Waals surface area contributed by atoms with Gasteiger partial charge in [-0.1, -0.05) is 40.2 Å². The molecule has 0 saturated heterocycles. The topological polar surface area (TPSA) is 74.6 Å². The van der Waals surface area contributed by atoms with Crippen LogP contribution in [0.1, 0.15) is 24.5 Å². The molecule has 1 atom stereocenters. The summed E-state index contributed by atoms with van der Waals surface area (Å²) in [5, 5.41) is 19.8. The highest BCUT2D eigenvalue weighted by atomic mass is 79.9. The van der Waals surface area contributed by atoms with Gasteiger partial charge < -0.3 is 10.2 Å². The van der Waals surface area contributed by atoms with Crippen LogP contribution >= 0.6 is 27.7 Å². The molecule has 0 radical (unpaired) electrons. The third kappa shape index (κ3) is 3.10. The Morgan fingerprint density at radius 3 is 2.57 bits per heavy atom. The fourth-order valence-corrected chi connectivity index (χ4v) is 4.28. The molecule has 23 heavy (non-hydrogen) atoms. The molecule has 0 aliphatic heterocycles. The number of carboxylic acid groups (broad SMARTS) is 2. The van der Waals surface area contributed by atoms with Crippen LogP contribution in [0, 0.1) is 0 Å². The van der Waals surface area contributed by atoms with E-state index in [1.807, 2.05) is 18.4 Å². The van der Waals surface area contributed by atoms with Gasteiger partial charge >= 0.3 is 11.9 Å². The molecule has 1 aliphatic carbocycles. The lowest BCUT2D eigenvalue weighted by molar-refractivity contribution is -0.142. The van der Waals surface area contributed by atoms with Crippen LogP contribution in [0.4, 0.5) is 0 Å². The summed E-state index contributed by atoms with van der Waals surface area (Å²) in [7, 11) is 0. The summed E-state index contributed by atoms with van der Waals surface area (Å²) >= 11 is 4.98. The number of rotatable bonds is 5. The van der Waals surface area contributed by atoms with Crippen LogP contribution in [0.5, 0.6) is 0 Å². The minimum absolute atomic E-state index is 0.0577. The highest BCUT2D eigenvalue weighted by Crippen LogP contribution is 2.42. The average Bonchev–Trinajstić information content (AvgIpc) is 2.54. The zero-order chi connectivity index (χ0) is 17.2. The smallest absolute Gasteiger partial charge is 0.331 e. The molecule has 0 aromatic heterocycles. The molecule has 4 nitrogen and oxygen atoms in total. The van der Waals surface area contributed by atoms with Crippen LogP contribution in [0.2, 0.25) is 0 Å². The summed E-state index contributed by atoms with van der Waals surface area (Å²) < 4.78 is 0. The molecule has 2 N–H and O–H groups in total. The maximum Gasteiger partial charge on any atom is 0.331 e. The maximum atomic E-state index is 12.1. The number of benzene rings is 1. The van der Waals surface area contributed by atoms with Crippen molar-refractivity contribution in [2.75, 3.05) is 6.26 Å². The van der Waals surface area contributed by atoms with E-state index in [1.54, 1.807) is 36.9 Å². The molecular formula is C17H17BrO4S. The monoisotopic (exact) mass is 396 g/mol. The normalized spacial score (nSPS) is 20.7. The SMILES string of the molecule is CSc1cccc(C2(C(=O)O)C=CC(C)=C(C(=O)O)C2)c1CBr. The summed E-state index contributed by atoms with van der Waals surface area (Å²) in [6.45, 7) is 1.69. The Hall–Kier alpha value is -1.53. The summed E-state index contributed by atoms with van der Waals surface area (Å²) in [5.41, 5.74) is 0.899. The van der Waals surface area contributed by atoms with Crippen molar-refractivity contribution in [3.8, 4) is 0 Å². The van der Waals surface area contributed by atoms with Crippen molar-refractivity contribution in [1.82, 2.24) is 0 Å². The number of halogens is 1. The first-order valence-electron chi connectivity index (χ1n) is 6.95. The minimum Gasteiger partial charge on any atom is -0.480 e. The van der Waals surface area contributed by atoms with Gasteiger partial charge in [-0.15, -0.1) is 11.8 Å². The number of hydrogen-bond donors (Lipinski definition) is 2. The van der Waals surface area contributed by atoms with E-state index < -0.39 is 17.4 Å². The standard InChI is InChI=1S/C17H17BrO4S/c1-10-6-7-17(16(21)22,8-11(10)15(19)20)13-4-3-5-14(23-2)12(13)9-18/h3-7H,8-9H2,1-2H3,(H,19,20)(H,21,22). The third-order valence-electron chi connectivity index (χ3n) is 4.16. The zero-order valence-electron chi connectivity index (χ0n) is 12.8. The molecule has 0 bridgehead atoms. The average molecular weight is 397 g/mol. The number of allylic oxidation sites excluding steroid dienone is 2. The Morgan fingerprint density at radius 1 is 1.35 bits per heavy atom. The molecule has 1 aliphatic rings. The van der Waals surface area contributed by atoms with Crippen molar-refractivity contribution in [1.29, 1.82) is 0 Å². The molecule has 0 heterocycles. The van der Waals surface area contributed by atoms with Gasteiger partial charge in [0.1, 0.15) is 5.41 Å². The van der Waals surface area contributed by atoms with Gasteiger partial charge in [0.2, 0.25) is 0 Å². The van der Waals surface area contributed by atoms with E-state index in [2.05, 4.69) is 15.9 Å². The Kier molecular flexibility index (Phi) is 5.37. The first kappa shape index (κ1) is 17.8. The van der Waals surface area contributed by atoms with Crippen molar-refractivity contribution < 1.29 is 19.8 Å². The van der Waals surface area contributed by atoms with E-state index >= 15 is 0 Å². The van der Waals surface area contributed by atoms with Crippen molar-refractivity contribution in [3.05, 3.63) is 52.6 Å². The lowest BCUT2D eigenvalue weighted by Crippen LogP contribution is -2.38. The number of aliphatic carboxylic acids is 2. The van der Waals surface area contributed by atoms with Crippen LogP contribution in [-0.2, 0) is 20.3 Å². The predicted octanol–water partition coefficient (Wildman–Crippen LogP) is 3.99. The van der Waals surface area contributed by atoms with E-state index in [1.165, 1.54) is 0 Å². The van der Waals surface area contributed by atoms with Crippen molar-refractivity contribution in [2.24, 2.45) is 0 Å².